The first-order chi connectivity index (χ1) is 9.00. The number of piperazine rings is 1. The third-order valence-corrected chi connectivity index (χ3v) is 4.97. The van der Waals surface area contributed by atoms with Crippen LogP contribution in [0.2, 0.25) is 0 Å². The molecule has 1 aliphatic carbocycles. The number of nitrogens with zero attached hydrogens (tertiary/aromatic N) is 2. The van der Waals surface area contributed by atoms with E-state index in [1.54, 1.807) is 0 Å². The molecule has 0 aromatic carbocycles. The molecule has 1 aliphatic heterocycles. The van der Waals surface area contributed by atoms with Gasteiger partial charge in [-0.05, 0) is 43.6 Å². The molecule has 2 unspecified atom stereocenters. The van der Waals surface area contributed by atoms with Gasteiger partial charge in [0.25, 0.3) is 0 Å². The van der Waals surface area contributed by atoms with Gasteiger partial charge >= 0.3 is 0 Å². The monoisotopic (exact) mass is 268 g/mol. The molecule has 1 saturated heterocycles. The van der Waals surface area contributed by atoms with Crippen molar-refractivity contribution in [1.29, 1.82) is 0 Å². The minimum absolute atomic E-state index is 0.0679. The van der Waals surface area contributed by atoms with Crippen LogP contribution < -0.4 is 0 Å². The summed E-state index contributed by atoms with van der Waals surface area (Å²) in [5.74, 6) is 0.487. The lowest BCUT2D eigenvalue weighted by atomic mass is 9.70. The zero-order chi connectivity index (χ0) is 13.9. The summed E-state index contributed by atoms with van der Waals surface area (Å²) in [6, 6.07) is 0. The molecule has 3 heteroatoms. The van der Waals surface area contributed by atoms with Crippen LogP contribution in [0.15, 0.2) is 0 Å². The van der Waals surface area contributed by atoms with Gasteiger partial charge in [-0.15, -0.1) is 0 Å². The Bertz CT molecular complexity index is 272. The largest absolute Gasteiger partial charge is 0.393 e. The Balaban J connectivity index is 1.78. The Labute approximate surface area is 119 Å². The van der Waals surface area contributed by atoms with Crippen LogP contribution in [0.5, 0.6) is 0 Å². The van der Waals surface area contributed by atoms with Gasteiger partial charge in [-0.1, -0.05) is 20.8 Å². The Kier molecular flexibility index (Phi) is 5.27. The number of aliphatic hydroxyl groups excluding tert-OH is 1. The van der Waals surface area contributed by atoms with E-state index in [4.69, 9.17) is 0 Å². The summed E-state index contributed by atoms with van der Waals surface area (Å²) in [6.07, 6.45) is 4.54. The Hall–Kier alpha value is -0.120. The van der Waals surface area contributed by atoms with E-state index in [1.807, 2.05) is 0 Å². The van der Waals surface area contributed by atoms with Gasteiger partial charge in [0.05, 0.1) is 6.10 Å². The maximum Gasteiger partial charge on any atom is 0.0581 e. The molecule has 0 aromatic heterocycles. The lowest BCUT2D eigenvalue weighted by Gasteiger charge is -2.42. The van der Waals surface area contributed by atoms with Crippen molar-refractivity contribution in [3.05, 3.63) is 0 Å². The predicted octanol–water partition coefficient (Wildman–Crippen LogP) is 2.20. The third kappa shape index (κ3) is 4.44. The van der Waals surface area contributed by atoms with Crippen LogP contribution in [0.1, 0.15) is 46.5 Å². The van der Waals surface area contributed by atoms with Crippen LogP contribution in [0, 0.1) is 11.3 Å². The summed E-state index contributed by atoms with van der Waals surface area (Å²) in [4.78, 5) is 5.14. The Morgan fingerprint density at radius 2 is 1.74 bits per heavy atom. The fourth-order valence-corrected chi connectivity index (χ4v) is 3.75. The zero-order valence-electron chi connectivity index (χ0n) is 13.1. The van der Waals surface area contributed by atoms with Crippen molar-refractivity contribution in [2.24, 2.45) is 11.3 Å². The molecule has 2 fully saturated rings. The maximum atomic E-state index is 10.2. The van der Waals surface area contributed by atoms with E-state index in [-0.39, 0.29) is 6.10 Å². The van der Waals surface area contributed by atoms with Crippen molar-refractivity contribution in [3.63, 3.8) is 0 Å². The quantitative estimate of drug-likeness (QED) is 0.847. The zero-order valence-corrected chi connectivity index (χ0v) is 13.1. The fourth-order valence-electron chi connectivity index (χ4n) is 3.75. The lowest BCUT2D eigenvalue weighted by molar-refractivity contribution is -0.00338. The smallest absolute Gasteiger partial charge is 0.0581 e. The van der Waals surface area contributed by atoms with Gasteiger partial charge in [0.2, 0.25) is 0 Å². The SMILES string of the molecule is CCCN1CCN(CC2CC(C)(C)CCC2O)CC1. The number of hydrogen-bond donors (Lipinski definition) is 1. The van der Waals surface area contributed by atoms with Gasteiger partial charge in [-0.2, -0.15) is 0 Å². The Morgan fingerprint density at radius 1 is 1.11 bits per heavy atom. The van der Waals surface area contributed by atoms with E-state index in [1.165, 1.54) is 52.0 Å². The van der Waals surface area contributed by atoms with Crippen molar-refractivity contribution in [3.8, 4) is 0 Å². The van der Waals surface area contributed by atoms with E-state index >= 15 is 0 Å². The van der Waals surface area contributed by atoms with Gasteiger partial charge in [0.1, 0.15) is 0 Å². The van der Waals surface area contributed by atoms with Gasteiger partial charge in [-0.25, -0.2) is 0 Å². The van der Waals surface area contributed by atoms with E-state index in [2.05, 4.69) is 30.6 Å². The second kappa shape index (κ2) is 6.55. The minimum atomic E-state index is -0.0679. The summed E-state index contributed by atoms with van der Waals surface area (Å²) in [7, 11) is 0. The van der Waals surface area contributed by atoms with Gasteiger partial charge < -0.3 is 14.9 Å². The normalized spacial score (nSPS) is 33.5. The molecule has 3 nitrogen and oxygen atoms in total. The average molecular weight is 268 g/mol. The third-order valence-electron chi connectivity index (χ3n) is 4.97. The van der Waals surface area contributed by atoms with Crippen LogP contribution >= 0.6 is 0 Å². The van der Waals surface area contributed by atoms with E-state index in [0.717, 1.165) is 13.0 Å². The lowest BCUT2D eigenvalue weighted by Crippen LogP contribution is -2.50. The predicted molar refractivity (Wildman–Crippen MR) is 80.3 cm³/mol. The van der Waals surface area contributed by atoms with Crippen LogP contribution in [0.3, 0.4) is 0 Å². The molecule has 0 spiro atoms. The van der Waals surface area contributed by atoms with Gasteiger partial charge in [-0.3, -0.25) is 0 Å². The molecule has 2 atom stereocenters. The highest BCUT2D eigenvalue weighted by molar-refractivity contribution is 4.87. The summed E-state index contributed by atoms with van der Waals surface area (Å²) >= 11 is 0. The second-order valence-electron chi connectivity index (χ2n) is 7.38. The molecular formula is C16H32N2O. The number of hydrogen-bond acceptors (Lipinski definition) is 3. The molecule has 0 amide bonds. The van der Waals surface area contributed by atoms with E-state index in [9.17, 15) is 5.11 Å². The van der Waals surface area contributed by atoms with Gasteiger partial charge in [0, 0.05) is 32.7 Å². The second-order valence-corrected chi connectivity index (χ2v) is 7.38. The highest BCUT2D eigenvalue weighted by Gasteiger charge is 2.35. The number of aliphatic hydroxyl groups is 1. The van der Waals surface area contributed by atoms with Crippen LogP contribution in [-0.2, 0) is 0 Å². The topological polar surface area (TPSA) is 26.7 Å². The summed E-state index contributed by atoms with van der Waals surface area (Å²) in [5, 5.41) is 10.2. The highest BCUT2D eigenvalue weighted by atomic mass is 16.3. The van der Waals surface area contributed by atoms with E-state index in [0.29, 0.717) is 11.3 Å². The maximum absolute atomic E-state index is 10.2. The van der Waals surface area contributed by atoms with Crippen LogP contribution in [0.4, 0.5) is 0 Å². The molecule has 2 rings (SSSR count). The molecule has 0 bridgehead atoms. The first-order valence-corrected chi connectivity index (χ1v) is 8.13. The van der Waals surface area contributed by atoms with Crippen LogP contribution in [0.25, 0.3) is 0 Å². The summed E-state index contributed by atoms with van der Waals surface area (Å²) in [6.45, 7) is 14.1. The first-order valence-electron chi connectivity index (χ1n) is 8.13. The molecule has 112 valence electrons. The molecule has 0 aromatic rings. The first kappa shape index (κ1) is 15.3. The van der Waals surface area contributed by atoms with Crippen molar-refractivity contribution in [2.75, 3.05) is 39.3 Å². The van der Waals surface area contributed by atoms with Crippen LogP contribution in [-0.4, -0.2) is 60.3 Å². The summed E-state index contributed by atoms with van der Waals surface area (Å²) < 4.78 is 0. The molecular weight excluding hydrogens is 236 g/mol. The standard InChI is InChI=1S/C16H32N2O/c1-4-7-17-8-10-18(11-9-17)13-14-12-16(2,3)6-5-15(14)19/h14-15,19H,4-13H2,1-3H3. The van der Waals surface area contributed by atoms with Crippen molar-refractivity contribution in [1.82, 2.24) is 9.80 Å². The molecule has 0 radical (unpaired) electrons. The molecule has 1 saturated carbocycles. The summed E-state index contributed by atoms with van der Waals surface area (Å²) in [5.41, 5.74) is 0.425. The molecule has 1 N–H and O–H groups in total. The number of rotatable bonds is 4. The fraction of sp³-hybridized carbons (Fsp3) is 1.00. The molecule has 19 heavy (non-hydrogen) atoms. The van der Waals surface area contributed by atoms with E-state index < -0.39 is 0 Å². The van der Waals surface area contributed by atoms with Crippen molar-refractivity contribution in [2.45, 2.75) is 52.6 Å². The minimum Gasteiger partial charge on any atom is -0.393 e. The Morgan fingerprint density at radius 3 is 2.37 bits per heavy atom. The van der Waals surface area contributed by atoms with Crippen molar-refractivity contribution >= 4 is 0 Å². The molecule has 1 heterocycles. The van der Waals surface area contributed by atoms with Gasteiger partial charge in [0.15, 0.2) is 0 Å². The average Bonchev–Trinajstić information content (AvgIpc) is 2.36. The molecule has 2 aliphatic rings. The highest BCUT2D eigenvalue weighted by Crippen LogP contribution is 2.39. The van der Waals surface area contributed by atoms with Crippen molar-refractivity contribution < 1.29 is 5.11 Å².